The Morgan fingerprint density at radius 2 is 2.05 bits per heavy atom. The van der Waals surface area contributed by atoms with E-state index in [4.69, 9.17) is 4.74 Å². The minimum absolute atomic E-state index is 0.102. The van der Waals surface area contributed by atoms with E-state index in [-0.39, 0.29) is 6.04 Å². The summed E-state index contributed by atoms with van der Waals surface area (Å²) in [6.07, 6.45) is 3.43. The van der Waals surface area contributed by atoms with Crippen LogP contribution in [0.4, 0.5) is 5.69 Å². The van der Waals surface area contributed by atoms with Gasteiger partial charge in [0.25, 0.3) is 0 Å². The molecule has 100 valence electrons. The molecular formula is C15H19N3O. The molecule has 2 aromatic rings. The van der Waals surface area contributed by atoms with Crippen LogP contribution in [0.5, 0.6) is 5.75 Å². The summed E-state index contributed by atoms with van der Waals surface area (Å²) in [5.74, 6) is 0.871. The Morgan fingerprint density at radius 1 is 1.26 bits per heavy atom. The largest absolute Gasteiger partial charge is 0.494 e. The highest BCUT2D eigenvalue weighted by atomic mass is 16.5. The summed E-state index contributed by atoms with van der Waals surface area (Å²) in [4.78, 5) is 8.64. The normalized spacial score (nSPS) is 11.9. The average molecular weight is 257 g/mol. The zero-order chi connectivity index (χ0) is 13.7. The smallest absolute Gasteiger partial charge is 0.121 e. The van der Waals surface area contributed by atoms with Gasteiger partial charge in [-0.3, -0.25) is 9.97 Å². The topological polar surface area (TPSA) is 47.0 Å². The van der Waals surface area contributed by atoms with E-state index < -0.39 is 0 Å². The second-order valence-electron chi connectivity index (χ2n) is 4.35. The predicted molar refractivity (Wildman–Crippen MR) is 76.4 cm³/mol. The molecule has 0 saturated carbocycles. The summed E-state index contributed by atoms with van der Waals surface area (Å²) in [5, 5.41) is 3.42. The third-order valence-electron chi connectivity index (χ3n) is 2.86. The predicted octanol–water partition coefficient (Wildman–Crippen LogP) is 3.36. The lowest BCUT2D eigenvalue weighted by Gasteiger charge is -2.16. The maximum absolute atomic E-state index is 5.49. The number of aryl methyl sites for hydroxylation is 1. The van der Waals surface area contributed by atoms with Crippen molar-refractivity contribution in [1.82, 2.24) is 9.97 Å². The van der Waals surface area contributed by atoms with Crippen molar-refractivity contribution in [2.24, 2.45) is 0 Å². The van der Waals surface area contributed by atoms with Crippen molar-refractivity contribution in [2.45, 2.75) is 26.8 Å². The Balaban J connectivity index is 2.12. The van der Waals surface area contributed by atoms with E-state index >= 15 is 0 Å². The van der Waals surface area contributed by atoms with Crippen LogP contribution in [-0.4, -0.2) is 16.6 Å². The first-order valence-electron chi connectivity index (χ1n) is 6.47. The van der Waals surface area contributed by atoms with E-state index in [0.29, 0.717) is 6.61 Å². The van der Waals surface area contributed by atoms with Crippen molar-refractivity contribution in [3.63, 3.8) is 0 Å². The van der Waals surface area contributed by atoms with Crippen molar-refractivity contribution in [3.8, 4) is 5.75 Å². The second kappa shape index (κ2) is 6.18. The molecule has 0 saturated heterocycles. The molecule has 4 heteroatoms. The fourth-order valence-corrected chi connectivity index (χ4v) is 2.00. The maximum atomic E-state index is 5.49. The number of hydrogen-bond donors (Lipinski definition) is 1. The van der Waals surface area contributed by atoms with Crippen LogP contribution in [0.2, 0.25) is 0 Å². The van der Waals surface area contributed by atoms with Crippen LogP contribution in [0.25, 0.3) is 0 Å². The molecule has 0 spiro atoms. The van der Waals surface area contributed by atoms with Gasteiger partial charge in [0.15, 0.2) is 0 Å². The Labute approximate surface area is 113 Å². The van der Waals surface area contributed by atoms with Crippen molar-refractivity contribution < 1.29 is 4.74 Å². The van der Waals surface area contributed by atoms with Gasteiger partial charge >= 0.3 is 0 Å². The zero-order valence-electron chi connectivity index (χ0n) is 11.6. The van der Waals surface area contributed by atoms with E-state index in [1.165, 1.54) is 0 Å². The molecule has 1 unspecified atom stereocenters. The van der Waals surface area contributed by atoms with Gasteiger partial charge in [0.1, 0.15) is 5.75 Å². The first kappa shape index (κ1) is 13.3. The molecule has 0 radical (unpaired) electrons. The van der Waals surface area contributed by atoms with Crippen LogP contribution in [-0.2, 0) is 0 Å². The minimum Gasteiger partial charge on any atom is -0.494 e. The second-order valence-corrected chi connectivity index (χ2v) is 4.35. The molecule has 2 rings (SSSR count). The van der Waals surface area contributed by atoms with E-state index in [2.05, 4.69) is 22.2 Å². The summed E-state index contributed by atoms with van der Waals surface area (Å²) in [6, 6.07) is 8.04. The number of aromatic nitrogens is 2. The fourth-order valence-electron chi connectivity index (χ4n) is 2.00. The van der Waals surface area contributed by atoms with Gasteiger partial charge in [-0.05, 0) is 32.9 Å². The first-order chi connectivity index (χ1) is 9.20. The van der Waals surface area contributed by atoms with Crippen LogP contribution < -0.4 is 10.1 Å². The Hall–Kier alpha value is -2.10. The van der Waals surface area contributed by atoms with Gasteiger partial charge in [-0.1, -0.05) is 6.07 Å². The number of ether oxygens (including phenoxy) is 1. The fraction of sp³-hybridized carbons (Fsp3) is 0.333. The highest BCUT2D eigenvalue weighted by Gasteiger charge is 2.10. The Kier molecular flexibility index (Phi) is 4.34. The van der Waals surface area contributed by atoms with Crippen LogP contribution in [0, 0.1) is 6.92 Å². The molecule has 4 nitrogen and oxygen atoms in total. The molecule has 1 atom stereocenters. The van der Waals surface area contributed by atoms with Crippen molar-refractivity contribution >= 4 is 5.69 Å². The summed E-state index contributed by atoms with van der Waals surface area (Å²) in [7, 11) is 0. The van der Waals surface area contributed by atoms with E-state index in [1.54, 1.807) is 12.4 Å². The number of nitrogens with zero attached hydrogens (tertiary/aromatic N) is 2. The number of hydrogen-bond acceptors (Lipinski definition) is 4. The van der Waals surface area contributed by atoms with Gasteiger partial charge < -0.3 is 10.1 Å². The molecule has 0 aliphatic heterocycles. The molecule has 1 aromatic carbocycles. The third-order valence-corrected chi connectivity index (χ3v) is 2.86. The van der Waals surface area contributed by atoms with E-state index in [9.17, 15) is 0 Å². The van der Waals surface area contributed by atoms with Crippen LogP contribution in [0.3, 0.4) is 0 Å². The number of nitrogens with one attached hydrogen (secondary N) is 1. The molecule has 0 bridgehead atoms. The van der Waals surface area contributed by atoms with Gasteiger partial charge in [-0.15, -0.1) is 0 Å². The molecule has 19 heavy (non-hydrogen) atoms. The summed E-state index contributed by atoms with van der Waals surface area (Å²) in [6.45, 7) is 6.69. The molecule has 1 N–H and O–H groups in total. The average Bonchev–Trinajstić information content (AvgIpc) is 2.40. The summed E-state index contributed by atoms with van der Waals surface area (Å²) >= 11 is 0. The Morgan fingerprint density at radius 3 is 2.79 bits per heavy atom. The summed E-state index contributed by atoms with van der Waals surface area (Å²) < 4.78 is 5.49. The molecule has 1 aromatic heterocycles. The van der Waals surface area contributed by atoms with Crippen molar-refractivity contribution in [3.05, 3.63) is 48.0 Å². The van der Waals surface area contributed by atoms with E-state index in [0.717, 1.165) is 22.8 Å². The molecular weight excluding hydrogens is 238 g/mol. The minimum atomic E-state index is 0.102. The van der Waals surface area contributed by atoms with Crippen LogP contribution in [0.1, 0.15) is 31.3 Å². The third kappa shape index (κ3) is 3.44. The van der Waals surface area contributed by atoms with Gasteiger partial charge in [-0.25, -0.2) is 0 Å². The molecule has 0 amide bonds. The summed E-state index contributed by atoms with van der Waals surface area (Å²) in [5.41, 5.74) is 2.93. The van der Waals surface area contributed by atoms with Gasteiger partial charge in [0.05, 0.1) is 24.0 Å². The van der Waals surface area contributed by atoms with Gasteiger partial charge in [-0.2, -0.15) is 0 Å². The SMILES string of the molecule is CCOc1cccc(NC(C)c2nccnc2C)c1. The Bertz CT molecular complexity index is 542. The molecule has 0 fully saturated rings. The van der Waals surface area contributed by atoms with Crippen LogP contribution in [0.15, 0.2) is 36.7 Å². The zero-order valence-corrected chi connectivity index (χ0v) is 11.6. The highest BCUT2D eigenvalue weighted by Crippen LogP contribution is 2.22. The number of anilines is 1. The van der Waals surface area contributed by atoms with Crippen LogP contribution >= 0.6 is 0 Å². The quantitative estimate of drug-likeness (QED) is 0.892. The lowest BCUT2D eigenvalue weighted by atomic mass is 10.1. The molecule has 1 heterocycles. The van der Waals surface area contributed by atoms with E-state index in [1.807, 2.05) is 38.1 Å². The lowest BCUT2D eigenvalue weighted by Crippen LogP contribution is -2.11. The van der Waals surface area contributed by atoms with Gasteiger partial charge in [0.2, 0.25) is 0 Å². The van der Waals surface area contributed by atoms with Crippen molar-refractivity contribution in [1.29, 1.82) is 0 Å². The standard InChI is InChI=1S/C15H19N3O/c1-4-19-14-7-5-6-13(10-14)18-12(3)15-11(2)16-8-9-17-15/h5-10,12,18H,4H2,1-3H3. The molecule has 0 aliphatic rings. The maximum Gasteiger partial charge on any atom is 0.121 e. The molecule has 0 aliphatic carbocycles. The highest BCUT2D eigenvalue weighted by molar-refractivity contribution is 5.49. The number of benzene rings is 1. The lowest BCUT2D eigenvalue weighted by molar-refractivity contribution is 0.340. The van der Waals surface area contributed by atoms with Gasteiger partial charge in [0, 0.05) is 24.1 Å². The van der Waals surface area contributed by atoms with Crippen molar-refractivity contribution in [2.75, 3.05) is 11.9 Å². The number of rotatable bonds is 5. The monoisotopic (exact) mass is 257 g/mol. The first-order valence-corrected chi connectivity index (χ1v) is 6.47.